The lowest BCUT2D eigenvalue weighted by Crippen LogP contribution is -2.07. The molecule has 2 aromatic carbocycles. The van der Waals surface area contributed by atoms with Gasteiger partial charge in [-0.2, -0.15) is 0 Å². The predicted molar refractivity (Wildman–Crippen MR) is 92.5 cm³/mol. The first kappa shape index (κ1) is 16.7. The third-order valence-corrected chi connectivity index (χ3v) is 3.40. The van der Waals surface area contributed by atoms with E-state index in [0.717, 1.165) is 35.8 Å². The lowest BCUT2D eigenvalue weighted by molar-refractivity contribution is -0.114. The van der Waals surface area contributed by atoms with Crippen molar-refractivity contribution in [1.82, 2.24) is 0 Å². The Morgan fingerprint density at radius 1 is 0.957 bits per heavy atom. The van der Waals surface area contributed by atoms with Gasteiger partial charge < -0.3 is 20.1 Å². The smallest absolute Gasteiger partial charge is 0.221 e. The fourth-order valence-electron chi connectivity index (χ4n) is 2.26. The molecular formula is C18H22N2O3. The number of nitrogens with one attached hydrogen (secondary N) is 2. The molecular weight excluding hydrogens is 292 g/mol. The van der Waals surface area contributed by atoms with Gasteiger partial charge in [-0.05, 0) is 48.4 Å². The zero-order valence-corrected chi connectivity index (χ0v) is 13.7. The maximum atomic E-state index is 11.0. The number of benzene rings is 2. The molecule has 122 valence electrons. The molecule has 0 saturated heterocycles. The number of ether oxygens (including phenoxy) is 2. The second kappa shape index (κ2) is 8.08. The van der Waals surface area contributed by atoms with Crippen molar-refractivity contribution < 1.29 is 14.3 Å². The highest BCUT2D eigenvalue weighted by molar-refractivity contribution is 5.88. The van der Waals surface area contributed by atoms with Gasteiger partial charge in [0.25, 0.3) is 0 Å². The largest absolute Gasteiger partial charge is 0.493 e. The van der Waals surface area contributed by atoms with Crippen molar-refractivity contribution in [3.63, 3.8) is 0 Å². The summed E-state index contributed by atoms with van der Waals surface area (Å²) in [6.45, 7) is 2.30. The number of hydrogen-bond acceptors (Lipinski definition) is 4. The van der Waals surface area contributed by atoms with Gasteiger partial charge in [-0.25, -0.2) is 0 Å². The van der Waals surface area contributed by atoms with Gasteiger partial charge in [0, 0.05) is 24.8 Å². The minimum Gasteiger partial charge on any atom is -0.493 e. The van der Waals surface area contributed by atoms with E-state index in [2.05, 4.69) is 10.6 Å². The van der Waals surface area contributed by atoms with Gasteiger partial charge in [-0.3, -0.25) is 4.79 Å². The van der Waals surface area contributed by atoms with Crippen LogP contribution in [0, 0.1) is 0 Å². The summed E-state index contributed by atoms with van der Waals surface area (Å²) in [7, 11) is 3.26. The minimum absolute atomic E-state index is 0.0702. The van der Waals surface area contributed by atoms with Crippen LogP contribution < -0.4 is 20.1 Å². The van der Waals surface area contributed by atoms with Gasteiger partial charge in [-0.1, -0.05) is 6.07 Å². The molecule has 0 aliphatic rings. The summed E-state index contributed by atoms with van der Waals surface area (Å²) in [6, 6.07) is 13.6. The molecule has 0 fully saturated rings. The van der Waals surface area contributed by atoms with Crippen molar-refractivity contribution in [2.75, 3.05) is 31.4 Å². The van der Waals surface area contributed by atoms with E-state index in [4.69, 9.17) is 9.47 Å². The van der Waals surface area contributed by atoms with Crippen LogP contribution in [0.5, 0.6) is 11.5 Å². The predicted octanol–water partition coefficient (Wildman–Crippen LogP) is 3.32. The SMILES string of the molecule is COc1ccc(CCNc2ccc(NC(C)=O)cc2)cc1OC. The zero-order chi connectivity index (χ0) is 16.7. The topological polar surface area (TPSA) is 59.6 Å². The summed E-state index contributed by atoms with van der Waals surface area (Å²) >= 11 is 0. The molecule has 2 aromatic rings. The molecule has 0 radical (unpaired) electrons. The van der Waals surface area contributed by atoms with Crippen LogP contribution in [-0.4, -0.2) is 26.7 Å². The quantitative estimate of drug-likeness (QED) is 0.823. The highest BCUT2D eigenvalue weighted by Crippen LogP contribution is 2.27. The molecule has 2 N–H and O–H groups in total. The van der Waals surface area contributed by atoms with E-state index in [9.17, 15) is 4.79 Å². The maximum absolute atomic E-state index is 11.0. The zero-order valence-electron chi connectivity index (χ0n) is 13.7. The van der Waals surface area contributed by atoms with Crippen LogP contribution in [0.4, 0.5) is 11.4 Å². The monoisotopic (exact) mass is 314 g/mol. The lowest BCUT2D eigenvalue weighted by atomic mass is 10.1. The molecule has 0 spiro atoms. The fraction of sp³-hybridized carbons (Fsp3) is 0.278. The van der Waals surface area contributed by atoms with E-state index < -0.39 is 0 Å². The van der Waals surface area contributed by atoms with E-state index in [0.29, 0.717) is 0 Å². The molecule has 0 saturated carbocycles. The van der Waals surface area contributed by atoms with Crippen molar-refractivity contribution >= 4 is 17.3 Å². The van der Waals surface area contributed by atoms with E-state index in [1.54, 1.807) is 14.2 Å². The third kappa shape index (κ3) is 4.92. The van der Waals surface area contributed by atoms with Crippen LogP contribution >= 0.6 is 0 Å². The molecule has 0 aliphatic heterocycles. The van der Waals surface area contributed by atoms with E-state index in [-0.39, 0.29) is 5.91 Å². The first-order valence-electron chi connectivity index (χ1n) is 7.45. The molecule has 0 bridgehead atoms. The molecule has 5 nitrogen and oxygen atoms in total. The van der Waals surface area contributed by atoms with Gasteiger partial charge in [0.2, 0.25) is 5.91 Å². The summed E-state index contributed by atoms with van der Waals surface area (Å²) in [5.74, 6) is 1.40. The van der Waals surface area contributed by atoms with Gasteiger partial charge >= 0.3 is 0 Å². The Morgan fingerprint density at radius 2 is 1.61 bits per heavy atom. The number of anilines is 2. The van der Waals surface area contributed by atoms with E-state index in [1.165, 1.54) is 12.5 Å². The Hall–Kier alpha value is -2.69. The average Bonchev–Trinajstić information content (AvgIpc) is 2.55. The maximum Gasteiger partial charge on any atom is 0.221 e. The van der Waals surface area contributed by atoms with Crippen LogP contribution in [0.25, 0.3) is 0 Å². The summed E-state index contributed by atoms with van der Waals surface area (Å²) in [5.41, 5.74) is 2.98. The van der Waals surface area contributed by atoms with Crippen molar-refractivity contribution in [3.05, 3.63) is 48.0 Å². The molecule has 1 amide bonds. The Kier molecular flexibility index (Phi) is 5.86. The number of hydrogen-bond donors (Lipinski definition) is 2. The highest BCUT2D eigenvalue weighted by atomic mass is 16.5. The lowest BCUT2D eigenvalue weighted by Gasteiger charge is -2.11. The second-order valence-electron chi connectivity index (χ2n) is 5.12. The van der Waals surface area contributed by atoms with Crippen LogP contribution in [0.3, 0.4) is 0 Å². The average molecular weight is 314 g/mol. The van der Waals surface area contributed by atoms with Gasteiger partial charge in [0.15, 0.2) is 11.5 Å². The van der Waals surface area contributed by atoms with E-state index >= 15 is 0 Å². The number of rotatable bonds is 7. The molecule has 0 unspecified atom stereocenters. The summed E-state index contributed by atoms with van der Waals surface area (Å²) < 4.78 is 10.5. The van der Waals surface area contributed by atoms with Crippen molar-refractivity contribution in [2.24, 2.45) is 0 Å². The normalized spacial score (nSPS) is 10.0. The molecule has 2 rings (SSSR count). The number of carbonyl (C=O) groups excluding carboxylic acids is 1. The minimum atomic E-state index is -0.0702. The van der Waals surface area contributed by atoms with Crippen LogP contribution in [0.15, 0.2) is 42.5 Å². The molecule has 0 atom stereocenters. The van der Waals surface area contributed by atoms with Crippen LogP contribution in [-0.2, 0) is 11.2 Å². The Balaban J connectivity index is 1.88. The first-order chi connectivity index (χ1) is 11.1. The number of methoxy groups -OCH3 is 2. The Labute approximate surface area is 136 Å². The van der Waals surface area contributed by atoms with E-state index in [1.807, 2.05) is 42.5 Å². The molecule has 0 heterocycles. The van der Waals surface area contributed by atoms with Gasteiger partial charge in [0.05, 0.1) is 14.2 Å². The third-order valence-electron chi connectivity index (χ3n) is 3.40. The highest BCUT2D eigenvalue weighted by Gasteiger charge is 2.04. The molecule has 0 aromatic heterocycles. The first-order valence-corrected chi connectivity index (χ1v) is 7.45. The van der Waals surface area contributed by atoms with Crippen LogP contribution in [0.2, 0.25) is 0 Å². The summed E-state index contributed by atoms with van der Waals surface area (Å²) in [5, 5.41) is 6.10. The van der Waals surface area contributed by atoms with Crippen LogP contribution in [0.1, 0.15) is 12.5 Å². The van der Waals surface area contributed by atoms with Crippen molar-refractivity contribution in [1.29, 1.82) is 0 Å². The van der Waals surface area contributed by atoms with Crippen molar-refractivity contribution in [3.8, 4) is 11.5 Å². The summed E-state index contributed by atoms with van der Waals surface area (Å²) in [4.78, 5) is 11.0. The van der Waals surface area contributed by atoms with Gasteiger partial charge in [0.1, 0.15) is 0 Å². The summed E-state index contributed by atoms with van der Waals surface area (Å²) in [6.07, 6.45) is 0.869. The van der Waals surface area contributed by atoms with Gasteiger partial charge in [-0.15, -0.1) is 0 Å². The molecule has 23 heavy (non-hydrogen) atoms. The number of carbonyl (C=O) groups is 1. The number of amides is 1. The standard InChI is InChI=1S/C18H22N2O3/c1-13(21)20-16-7-5-15(6-8-16)19-11-10-14-4-9-17(22-2)18(12-14)23-3/h4-9,12,19H,10-11H2,1-3H3,(H,20,21). The Morgan fingerprint density at radius 3 is 2.22 bits per heavy atom. The Bertz CT molecular complexity index is 654. The molecule has 0 aliphatic carbocycles. The second-order valence-corrected chi connectivity index (χ2v) is 5.12. The van der Waals surface area contributed by atoms with Crippen molar-refractivity contribution in [2.45, 2.75) is 13.3 Å². The molecule has 5 heteroatoms. The fourth-order valence-corrected chi connectivity index (χ4v) is 2.26.